The average molecular weight is 244 g/mol. The highest BCUT2D eigenvalue weighted by molar-refractivity contribution is 5.88. The standard InChI is InChI=1S/C10H16N2O5/c11-8(13)4-7(10(15)16)12-9(14)6-2-1-3-17-5-6/h6-7H,1-5H2,(H2,11,13)(H,12,14)(H,15,16). The molecule has 2 atom stereocenters. The van der Waals surface area contributed by atoms with E-state index in [0.717, 1.165) is 6.42 Å². The summed E-state index contributed by atoms with van der Waals surface area (Å²) in [5.41, 5.74) is 4.91. The number of nitrogens with one attached hydrogen (secondary N) is 1. The molecule has 2 amide bonds. The molecule has 7 heteroatoms. The largest absolute Gasteiger partial charge is 0.480 e. The molecule has 2 unspecified atom stereocenters. The molecule has 0 saturated carbocycles. The van der Waals surface area contributed by atoms with Gasteiger partial charge in [0.2, 0.25) is 11.8 Å². The molecule has 1 rings (SSSR count). The van der Waals surface area contributed by atoms with E-state index in [1.54, 1.807) is 0 Å². The van der Waals surface area contributed by atoms with Crippen LogP contribution in [0.5, 0.6) is 0 Å². The zero-order chi connectivity index (χ0) is 12.8. The molecule has 96 valence electrons. The third kappa shape index (κ3) is 4.39. The Hall–Kier alpha value is -1.63. The van der Waals surface area contributed by atoms with Crippen LogP contribution >= 0.6 is 0 Å². The highest BCUT2D eigenvalue weighted by atomic mass is 16.5. The maximum absolute atomic E-state index is 11.7. The van der Waals surface area contributed by atoms with Gasteiger partial charge >= 0.3 is 5.97 Å². The number of amides is 2. The van der Waals surface area contributed by atoms with Crippen LogP contribution in [0, 0.1) is 5.92 Å². The fourth-order valence-corrected chi connectivity index (χ4v) is 1.64. The van der Waals surface area contributed by atoms with Crippen LogP contribution in [0.1, 0.15) is 19.3 Å². The van der Waals surface area contributed by atoms with Crippen LogP contribution in [0.3, 0.4) is 0 Å². The molecule has 1 fully saturated rings. The second kappa shape index (κ2) is 6.19. The minimum absolute atomic E-state index is 0.286. The number of hydrogen-bond acceptors (Lipinski definition) is 4. The van der Waals surface area contributed by atoms with Gasteiger partial charge in [-0.05, 0) is 12.8 Å². The van der Waals surface area contributed by atoms with Crippen LogP contribution in [-0.2, 0) is 19.1 Å². The molecule has 0 aromatic heterocycles. The van der Waals surface area contributed by atoms with E-state index in [2.05, 4.69) is 5.32 Å². The first kappa shape index (κ1) is 13.4. The van der Waals surface area contributed by atoms with Gasteiger partial charge in [0.1, 0.15) is 6.04 Å². The van der Waals surface area contributed by atoms with E-state index in [0.29, 0.717) is 13.0 Å². The van der Waals surface area contributed by atoms with Crippen molar-refractivity contribution in [3.63, 3.8) is 0 Å². The Bertz CT molecular complexity index is 312. The van der Waals surface area contributed by atoms with E-state index in [9.17, 15) is 14.4 Å². The number of aliphatic carboxylic acids is 1. The average Bonchev–Trinajstić information content (AvgIpc) is 2.28. The number of carbonyl (C=O) groups is 3. The lowest BCUT2D eigenvalue weighted by Crippen LogP contribution is -2.47. The molecular formula is C10H16N2O5. The number of hydrogen-bond donors (Lipinski definition) is 3. The van der Waals surface area contributed by atoms with Gasteiger partial charge in [0.25, 0.3) is 0 Å². The van der Waals surface area contributed by atoms with Crippen molar-refractivity contribution in [2.75, 3.05) is 13.2 Å². The predicted octanol–water partition coefficient (Wildman–Crippen LogP) is -1.14. The summed E-state index contributed by atoms with van der Waals surface area (Å²) in [6, 6.07) is -1.26. The van der Waals surface area contributed by atoms with Crippen LogP contribution < -0.4 is 11.1 Å². The molecule has 0 bridgehead atoms. The summed E-state index contributed by atoms with van der Waals surface area (Å²) in [6.07, 6.45) is 1.02. The van der Waals surface area contributed by atoms with Crippen molar-refractivity contribution in [3.8, 4) is 0 Å². The first-order valence-electron chi connectivity index (χ1n) is 5.40. The van der Waals surface area contributed by atoms with Crippen molar-refractivity contribution in [2.45, 2.75) is 25.3 Å². The van der Waals surface area contributed by atoms with E-state index >= 15 is 0 Å². The molecule has 0 aromatic rings. The lowest BCUT2D eigenvalue weighted by atomic mass is 10.0. The van der Waals surface area contributed by atoms with Crippen LogP contribution in [0.2, 0.25) is 0 Å². The lowest BCUT2D eigenvalue weighted by Gasteiger charge is -2.23. The quantitative estimate of drug-likeness (QED) is 0.564. The Morgan fingerprint density at radius 1 is 1.47 bits per heavy atom. The van der Waals surface area contributed by atoms with E-state index in [4.69, 9.17) is 15.6 Å². The van der Waals surface area contributed by atoms with E-state index in [-0.39, 0.29) is 12.5 Å². The van der Waals surface area contributed by atoms with Crippen LogP contribution in [0.25, 0.3) is 0 Å². The zero-order valence-electron chi connectivity index (χ0n) is 9.35. The molecule has 0 aromatic carbocycles. The van der Waals surface area contributed by atoms with E-state index in [1.165, 1.54) is 0 Å². The summed E-state index contributed by atoms with van der Waals surface area (Å²) < 4.78 is 5.13. The molecule has 0 radical (unpaired) electrons. The second-order valence-electron chi connectivity index (χ2n) is 3.98. The van der Waals surface area contributed by atoms with Crippen molar-refractivity contribution in [2.24, 2.45) is 11.7 Å². The van der Waals surface area contributed by atoms with Gasteiger partial charge in [0, 0.05) is 6.61 Å². The third-order valence-electron chi connectivity index (χ3n) is 2.55. The third-order valence-corrected chi connectivity index (χ3v) is 2.55. The van der Waals surface area contributed by atoms with Crippen molar-refractivity contribution in [1.82, 2.24) is 5.32 Å². The summed E-state index contributed by atoms with van der Waals surface area (Å²) >= 11 is 0. The van der Waals surface area contributed by atoms with Crippen molar-refractivity contribution in [3.05, 3.63) is 0 Å². The van der Waals surface area contributed by atoms with Gasteiger partial charge in [0.15, 0.2) is 0 Å². The molecule has 4 N–H and O–H groups in total. The minimum Gasteiger partial charge on any atom is -0.480 e. The Kier molecular flexibility index (Phi) is 4.89. The van der Waals surface area contributed by atoms with Crippen molar-refractivity contribution in [1.29, 1.82) is 0 Å². The maximum atomic E-state index is 11.7. The summed E-state index contributed by atoms with van der Waals surface area (Å²) in [6.45, 7) is 0.905. The first-order valence-corrected chi connectivity index (χ1v) is 5.40. The molecule has 1 saturated heterocycles. The zero-order valence-corrected chi connectivity index (χ0v) is 9.35. The maximum Gasteiger partial charge on any atom is 0.326 e. The van der Waals surface area contributed by atoms with Gasteiger partial charge in [-0.2, -0.15) is 0 Å². The van der Waals surface area contributed by atoms with Crippen molar-refractivity contribution >= 4 is 17.8 Å². The SMILES string of the molecule is NC(=O)CC(NC(=O)C1CCCOC1)C(=O)O. The number of rotatable bonds is 5. The summed E-state index contributed by atoms with van der Waals surface area (Å²) in [4.78, 5) is 33.1. The number of nitrogens with two attached hydrogens (primary N) is 1. The Labute approximate surface area is 98.3 Å². The molecule has 1 aliphatic heterocycles. The van der Waals surface area contributed by atoms with Gasteiger partial charge in [-0.25, -0.2) is 4.79 Å². The van der Waals surface area contributed by atoms with Crippen molar-refractivity contribution < 1.29 is 24.2 Å². The Morgan fingerprint density at radius 2 is 2.18 bits per heavy atom. The highest BCUT2D eigenvalue weighted by Gasteiger charge is 2.27. The van der Waals surface area contributed by atoms with Gasteiger partial charge in [-0.3, -0.25) is 9.59 Å². The van der Waals surface area contributed by atoms with Crippen LogP contribution in [-0.4, -0.2) is 42.1 Å². The molecule has 17 heavy (non-hydrogen) atoms. The lowest BCUT2D eigenvalue weighted by molar-refractivity contribution is -0.144. The summed E-state index contributed by atoms with van der Waals surface area (Å²) in [5.74, 6) is -2.79. The number of carboxylic acid groups (broad SMARTS) is 1. The molecule has 0 aliphatic carbocycles. The number of ether oxygens (including phenoxy) is 1. The highest BCUT2D eigenvalue weighted by Crippen LogP contribution is 2.13. The normalized spacial score (nSPS) is 21.5. The first-order chi connectivity index (χ1) is 8.00. The number of primary amides is 1. The minimum atomic E-state index is -1.27. The Morgan fingerprint density at radius 3 is 2.65 bits per heavy atom. The van der Waals surface area contributed by atoms with Gasteiger partial charge in [-0.15, -0.1) is 0 Å². The van der Waals surface area contributed by atoms with E-state index in [1.807, 2.05) is 0 Å². The van der Waals surface area contributed by atoms with Crippen LogP contribution in [0.4, 0.5) is 0 Å². The smallest absolute Gasteiger partial charge is 0.326 e. The summed E-state index contributed by atoms with van der Waals surface area (Å²) in [7, 11) is 0. The molecular weight excluding hydrogens is 228 g/mol. The fraction of sp³-hybridized carbons (Fsp3) is 0.700. The molecule has 7 nitrogen and oxygen atoms in total. The van der Waals surface area contributed by atoms with E-state index < -0.39 is 30.2 Å². The summed E-state index contributed by atoms with van der Waals surface area (Å²) in [5, 5.41) is 11.1. The topological polar surface area (TPSA) is 119 Å². The van der Waals surface area contributed by atoms with Crippen LogP contribution in [0.15, 0.2) is 0 Å². The van der Waals surface area contributed by atoms with Gasteiger partial charge in [0.05, 0.1) is 18.9 Å². The van der Waals surface area contributed by atoms with Gasteiger partial charge in [-0.1, -0.05) is 0 Å². The molecule has 0 spiro atoms. The Balaban J connectivity index is 2.50. The molecule has 1 heterocycles. The number of carboxylic acids is 1. The monoisotopic (exact) mass is 244 g/mol. The fourth-order valence-electron chi connectivity index (χ4n) is 1.64. The molecule has 1 aliphatic rings. The predicted molar refractivity (Wildman–Crippen MR) is 56.9 cm³/mol. The second-order valence-corrected chi connectivity index (χ2v) is 3.98. The number of carbonyl (C=O) groups excluding carboxylic acids is 2. The van der Waals surface area contributed by atoms with Gasteiger partial charge < -0.3 is 20.9 Å².